The van der Waals surface area contributed by atoms with Crippen molar-refractivity contribution in [3.05, 3.63) is 34.6 Å². The van der Waals surface area contributed by atoms with Crippen LogP contribution in [0.2, 0.25) is 6.04 Å². The molecule has 138 valence electrons. The molecule has 0 unspecified atom stereocenters. The van der Waals surface area contributed by atoms with Gasteiger partial charge in [-0.2, -0.15) is 0 Å². The van der Waals surface area contributed by atoms with Crippen molar-refractivity contribution in [2.75, 3.05) is 19.8 Å². The Bertz CT molecular complexity index is 510. The van der Waals surface area contributed by atoms with E-state index in [0.29, 0.717) is 19.8 Å². The van der Waals surface area contributed by atoms with E-state index in [-0.39, 0.29) is 18.9 Å². The Balaban J connectivity index is 2.92. The summed E-state index contributed by atoms with van der Waals surface area (Å²) in [5.41, 5.74) is -0.834. The molecule has 0 atom stereocenters. The maximum atomic E-state index is 13.7. The SMILES string of the molecule is CCO[Si](CCCc1c(F)c(F)c(F)c(F)c1F)(OCC)OCC. The maximum absolute atomic E-state index is 13.7. The fraction of sp³-hybridized carbons (Fsp3) is 0.600. The number of halogens is 5. The van der Waals surface area contributed by atoms with Crippen LogP contribution in [-0.4, -0.2) is 28.6 Å². The Morgan fingerprint density at radius 1 is 0.667 bits per heavy atom. The van der Waals surface area contributed by atoms with Gasteiger partial charge in [0, 0.05) is 31.4 Å². The van der Waals surface area contributed by atoms with Crippen LogP contribution in [0.3, 0.4) is 0 Å². The molecule has 0 fully saturated rings. The van der Waals surface area contributed by atoms with Gasteiger partial charge in [-0.25, -0.2) is 22.0 Å². The van der Waals surface area contributed by atoms with E-state index in [4.69, 9.17) is 13.3 Å². The van der Waals surface area contributed by atoms with Crippen LogP contribution < -0.4 is 0 Å². The highest BCUT2D eigenvalue weighted by Gasteiger charge is 2.40. The molecule has 0 spiro atoms. The molecule has 9 heteroatoms. The van der Waals surface area contributed by atoms with E-state index in [1.54, 1.807) is 20.8 Å². The van der Waals surface area contributed by atoms with Crippen LogP contribution in [0.4, 0.5) is 22.0 Å². The van der Waals surface area contributed by atoms with Crippen LogP contribution >= 0.6 is 0 Å². The van der Waals surface area contributed by atoms with Gasteiger partial charge in [0.15, 0.2) is 23.3 Å². The molecule has 3 nitrogen and oxygen atoms in total. The lowest BCUT2D eigenvalue weighted by atomic mass is 10.1. The average molecular weight is 372 g/mol. The third-order valence-corrected chi connectivity index (χ3v) is 6.45. The van der Waals surface area contributed by atoms with Gasteiger partial charge in [0.1, 0.15) is 0 Å². The molecular formula is C15H21F5O3Si. The van der Waals surface area contributed by atoms with Gasteiger partial charge in [0.05, 0.1) is 0 Å². The molecule has 0 amide bonds. The van der Waals surface area contributed by atoms with Crippen molar-refractivity contribution in [2.24, 2.45) is 0 Å². The van der Waals surface area contributed by atoms with Gasteiger partial charge in [0.25, 0.3) is 0 Å². The lowest BCUT2D eigenvalue weighted by molar-refractivity contribution is 0.0708. The average Bonchev–Trinajstić information content (AvgIpc) is 2.55. The normalized spacial score (nSPS) is 12.0. The predicted molar refractivity (Wildman–Crippen MR) is 80.0 cm³/mol. The van der Waals surface area contributed by atoms with E-state index in [9.17, 15) is 22.0 Å². The summed E-state index contributed by atoms with van der Waals surface area (Å²) in [5, 5.41) is 0. The minimum Gasteiger partial charge on any atom is -0.374 e. The van der Waals surface area contributed by atoms with E-state index in [1.807, 2.05) is 0 Å². The smallest absolute Gasteiger partial charge is 0.374 e. The molecule has 0 saturated heterocycles. The summed E-state index contributed by atoms with van der Waals surface area (Å²) in [6.45, 7) is 6.25. The van der Waals surface area contributed by atoms with E-state index in [2.05, 4.69) is 0 Å². The van der Waals surface area contributed by atoms with Crippen LogP contribution in [0.15, 0.2) is 0 Å². The van der Waals surface area contributed by atoms with Crippen LogP contribution in [0.25, 0.3) is 0 Å². The summed E-state index contributed by atoms with van der Waals surface area (Å²) in [4.78, 5) is 0. The predicted octanol–water partition coefficient (Wildman–Crippen LogP) is 4.36. The fourth-order valence-corrected chi connectivity index (χ4v) is 4.97. The van der Waals surface area contributed by atoms with Gasteiger partial charge >= 0.3 is 8.80 Å². The maximum Gasteiger partial charge on any atom is 0.500 e. The first-order valence-electron chi connectivity index (χ1n) is 7.75. The number of hydrogen-bond acceptors (Lipinski definition) is 3. The molecule has 0 N–H and O–H groups in total. The van der Waals surface area contributed by atoms with Gasteiger partial charge in [-0.3, -0.25) is 0 Å². The molecule has 0 saturated carbocycles. The van der Waals surface area contributed by atoms with Crippen molar-refractivity contribution in [3.8, 4) is 0 Å². The van der Waals surface area contributed by atoms with Crippen LogP contribution in [0.1, 0.15) is 32.8 Å². The topological polar surface area (TPSA) is 27.7 Å². The fourth-order valence-electron chi connectivity index (χ4n) is 2.35. The Morgan fingerprint density at radius 3 is 1.42 bits per heavy atom. The summed E-state index contributed by atoms with van der Waals surface area (Å²) in [6.07, 6.45) is -0.238. The number of hydrogen-bond donors (Lipinski definition) is 0. The van der Waals surface area contributed by atoms with Crippen LogP contribution in [0.5, 0.6) is 0 Å². The van der Waals surface area contributed by atoms with Gasteiger partial charge < -0.3 is 13.3 Å². The lowest BCUT2D eigenvalue weighted by Crippen LogP contribution is -2.46. The van der Waals surface area contributed by atoms with Crippen molar-refractivity contribution in [3.63, 3.8) is 0 Å². The van der Waals surface area contributed by atoms with Crippen molar-refractivity contribution in [1.29, 1.82) is 0 Å². The molecule has 0 heterocycles. The standard InChI is InChI=1S/C15H21F5O3Si/c1-4-21-24(22-5-2,23-6-3)9-7-8-10-11(16)13(18)15(20)14(19)12(10)17/h4-9H2,1-3H3. The summed E-state index contributed by atoms with van der Waals surface area (Å²) < 4.78 is 83.5. The number of rotatable bonds is 10. The highest BCUT2D eigenvalue weighted by atomic mass is 28.4. The Labute approximate surface area is 139 Å². The third kappa shape index (κ3) is 4.75. The van der Waals surface area contributed by atoms with E-state index < -0.39 is 43.5 Å². The zero-order valence-electron chi connectivity index (χ0n) is 13.9. The Hall–Kier alpha value is -1.03. The second-order valence-electron chi connectivity index (χ2n) is 4.88. The Morgan fingerprint density at radius 2 is 1.04 bits per heavy atom. The first-order valence-corrected chi connectivity index (χ1v) is 9.68. The zero-order chi connectivity index (χ0) is 18.3. The molecule has 0 bridgehead atoms. The highest BCUT2D eigenvalue weighted by Crippen LogP contribution is 2.26. The number of benzene rings is 1. The van der Waals surface area contributed by atoms with Crippen molar-refractivity contribution in [2.45, 2.75) is 39.7 Å². The van der Waals surface area contributed by atoms with E-state index in [0.717, 1.165) is 0 Å². The molecule has 24 heavy (non-hydrogen) atoms. The first kappa shape index (κ1) is 21.0. The molecule has 0 aliphatic heterocycles. The summed E-state index contributed by atoms with van der Waals surface area (Å²) in [7, 11) is -3.03. The lowest BCUT2D eigenvalue weighted by Gasteiger charge is -2.28. The molecule has 1 aromatic carbocycles. The van der Waals surface area contributed by atoms with Crippen molar-refractivity contribution >= 4 is 8.80 Å². The molecule has 1 aromatic rings. The van der Waals surface area contributed by atoms with Crippen molar-refractivity contribution in [1.82, 2.24) is 0 Å². The molecule has 1 rings (SSSR count). The highest BCUT2D eigenvalue weighted by molar-refractivity contribution is 6.60. The molecule has 0 aromatic heterocycles. The largest absolute Gasteiger partial charge is 0.500 e. The second-order valence-corrected chi connectivity index (χ2v) is 7.62. The summed E-state index contributed by atoms with van der Waals surface area (Å²) in [5.74, 6) is -9.64. The first-order chi connectivity index (χ1) is 11.3. The van der Waals surface area contributed by atoms with Gasteiger partial charge in [-0.05, 0) is 33.6 Å². The van der Waals surface area contributed by atoms with Crippen molar-refractivity contribution < 1.29 is 35.2 Å². The molecule has 0 radical (unpaired) electrons. The van der Waals surface area contributed by atoms with Crippen LogP contribution in [-0.2, 0) is 19.7 Å². The van der Waals surface area contributed by atoms with E-state index in [1.165, 1.54) is 0 Å². The van der Waals surface area contributed by atoms with Crippen LogP contribution in [0, 0.1) is 29.1 Å². The monoisotopic (exact) mass is 372 g/mol. The minimum atomic E-state index is -3.03. The summed E-state index contributed by atoms with van der Waals surface area (Å²) >= 11 is 0. The van der Waals surface area contributed by atoms with Gasteiger partial charge in [0.2, 0.25) is 5.82 Å². The van der Waals surface area contributed by atoms with E-state index >= 15 is 0 Å². The quantitative estimate of drug-likeness (QED) is 0.264. The molecule has 0 aliphatic rings. The second kappa shape index (κ2) is 9.45. The Kier molecular flexibility index (Phi) is 8.27. The zero-order valence-corrected chi connectivity index (χ0v) is 14.9. The third-order valence-electron chi connectivity index (χ3n) is 3.30. The van der Waals surface area contributed by atoms with Gasteiger partial charge in [-0.1, -0.05) is 0 Å². The molecule has 0 aliphatic carbocycles. The summed E-state index contributed by atoms with van der Waals surface area (Å²) in [6, 6.07) is 0.210. The minimum absolute atomic E-state index is 0.102. The molecular weight excluding hydrogens is 351 g/mol. The van der Waals surface area contributed by atoms with Gasteiger partial charge in [-0.15, -0.1) is 0 Å².